The minimum absolute atomic E-state index is 0.604. The van der Waals surface area contributed by atoms with Crippen molar-refractivity contribution in [2.75, 3.05) is 17.6 Å². The van der Waals surface area contributed by atoms with E-state index in [1.165, 1.54) is 44.9 Å². The summed E-state index contributed by atoms with van der Waals surface area (Å²) in [6.45, 7) is 3.08. The number of hydrogen-bond acceptors (Lipinski definition) is 4. The molecular formula is C14H24N4. The van der Waals surface area contributed by atoms with Gasteiger partial charge in [-0.2, -0.15) is 0 Å². The van der Waals surface area contributed by atoms with E-state index in [4.69, 9.17) is 5.73 Å². The lowest BCUT2D eigenvalue weighted by Crippen LogP contribution is -2.14. The summed E-state index contributed by atoms with van der Waals surface area (Å²) in [4.78, 5) is 8.33. The lowest BCUT2D eigenvalue weighted by molar-refractivity contribution is 0.345. The number of nitrogen functional groups attached to an aromatic ring is 1. The van der Waals surface area contributed by atoms with Crippen LogP contribution in [0, 0.1) is 5.92 Å². The molecule has 1 heterocycles. The van der Waals surface area contributed by atoms with Gasteiger partial charge in [-0.3, -0.25) is 0 Å². The fourth-order valence-corrected chi connectivity index (χ4v) is 2.80. The molecule has 1 aromatic rings. The lowest BCUT2D eigenvalue weighted by atomic mass is 9.87. The molecule has 2 rings (SSSR count). The SMILES string of the molecule is CCc1c(N)ncnc1NCCC1CCCCC1. The summed E-state index contributed by atoms with van der Waals surface area (Å²) >= 11 is 0. The number of nitrogens with zero attached hydrogens (tertiary/aromatic N) is 2. The van der Waals surface area contributed by atoms with Crippen LogP contribution in [0.15, 0.2) is 6.33 Å². The molecule has 1 saturated carbocycles. The molecular weight excluding hydrogens is 224 g/mol. The first-order valence-corrected chi connectivity index (χ1v) is 7.14. The largest absolute Gasteiger partial charge is 0.383 e. The number of rotatable bonds is 5. The molecule has 0 unspecified atom stereocenters. The number of anilines is 2. The van der Waals surface area contributed by atoms with Crippen molar-refractivity contribution in [1.29, 1.82) is 0 Å². The van der Waals surface area contributed by atoms with Gasteiger partial charge in [0.25, 0.3) is 0 Å². The van der Waals surface area contributed by atoms with E-state index in [-0.39, 0.29) is 0 Å². The molecule has 0 radical (unpaired) electrons. The van der Waals surface area contributed by atoms with Gasteiger partial charge in [0.2, 0.25) is 0 Å². The van der Waals surface area contributed by atoms with E-state index in [1.54, 1.807) is 0 Å². The zero-order chi connectivity index (χ0) is 12.8. The van der Waals surface area contributed by atoms with Gasteiger partial charge in [0, 0.05) is 12.1 Å². The average molecular weight is 248 g/mol. The Morgan fingerprint density at radius 2 is 2.06 bits per heavy atom. The van der Waals surface area contributed by atoms with Crippen LogP contribution in [0.2, 0.25) is 0 Å². The smallest absolute Gasteiger partial charge is 0.134 e. The van der Waals surface area contributed by atoms with E-state index in [1.807, 2.05) is 0 Å². The highest BCUT2D eigenvalue weighted by atomic mass is 15.0. The van der Waals surface area contributed by atoms with E-state index in [0.29, 0.717) is 5.82 Å². The third kappa shape index (κ3) is 3.34. The Morgan fingerprint density at radius 3 is 2.78 bits per heavy atom. The van der Waals surface area contributed by atoms with Crippen molar-refractivity contribution in [1.82, 2.24) is 9.97 Å². The average Bonchev–Trinajstić information content (AvgIpc) is 2.40. The van der Waals surface area contributed by atoms with E-state index in [2.05, 4.69) is 22.2 Å². The maximum absolute atomic E-state index is 5.86. The first-order valence-electron chi connectivity index (χ1n) is 7.14. The minimum atomic E-state index is 0.604. The molecule has 0 amide bonds. The Labute approximate surface area is 109 Å². The maximum atomic E-state index is 5.86. The van der Waals surface area contributed by atoms with Crippen LogP contribution in [0.3, 0.4) is 0 Å². The van der Waals surface area contributed by atoms with Crippen LogP contribution in [0.1, 0.15) is 51.0 Å². The highest BCUT2D eigenvalue weighted by molar-refractivity contribution is 5.54. The first-order chi connectivity index (χ1) is 8.81. The monoisotopic (exact) mass is 248 g/mol. The van der Waals surface area contributed by atoms with Crippen molar-refractivity contribution in [3.05, 3.63) is 11.9 Å². The Hall–Kier alpha value is -1.32. The Morgan fingerprint density at radius 1 is 1.28 bits per heavy atom. The van der Waals surface area contributed by atoms with Gasteiger partial charge in [0.15, 0.2) is 0 Å². The molecule has 0 atom stereocenters. The topological polar surface area (TPSA) is 63.8 Å². The third-order valence-electron chi connectivity index (χ3n) is 3.90. The molecule has 18 heavy (non-hydrogen) atoms. The molecule has 0 aromatic carbocycles. The standard InChI is InChI=1S/C14H24N4/c1-2-12-13(15)17-10-18-14(12)16-9-8-11-6-4-3-5-7-11/h10-11H,2-9H2,1H3,(H3,15,16,17,18). The number of hydrogen-bond donors (Lipinski definition) is 2. The van der Waals surface area contributed by atoms with Gasteiger partial charge >= 0.3 is 0 Å². The van der Waals surface area contributed by atoms with E-state index < -0.39 is 0 Å². The van der Waals surface area contributed by atoms with Crippen molar-refractivity contribution >= 4 is 11.6 Å². The molecule has 3 N–H and O–H groups in total. The van der Waals surface area contributed by atoms with E-state index in [0.717, 1.165) is 30.3 Å². The summed E-state index contributed by atoms with van der Waals surface area (Å²) in [6.07, 6.45) is 10.7. The van der Waals surface area contributed by atoms with Crippen molar-refractivity contribution in [3.63, 3.8) is 0 Å². The third-order valence-corrected chi connectivity index (χ3v) is 3.90. The van der Waals surface area contributed by atoms with Crippen molar-refractivity contribution in [3.8, 4) is 0 Å². The van der Waals surface area contributed by atoms with Crippen LogP contribution in [0.4, 0.5) is 11.6 Å². The van der Waals surface area contributed by atoms with Crippen LogP contribution in [0.5, 0.6) is 0 Å². The summed E-state index contributed by atoms with van der Waals surface area (Å²) in [6, 6.07) is 0. The van der Waals surface area contributed by atoms with Gasteiger partial charge in [0.1, 0.15) is 18.0 Å². The second-order valence-electron chi connectivity index (χ2n) is 5.16. The van der Waals surface area contributed by atoms with Crippen LogP contribution < -0.4 is 11.1 Å². The van der Waals surface area contributed by atoms with Crippen LogP contribution in [0.25, 0.3) is 0 Å². The molecule has 4 nitrogen and oxygen atoms in total. The van der Waals surface area contributed by atoms with Gasteiger partial charge in [-0.1, -0.05) is 39.0 Å². The first kappa shape index (κ1) is 13.1. The number of aromatic nitrogens is 2. The molecule has 0 spiro atoms. The molecule has 1 aromatic heterocycles. The molecule has 0 saturated heterocycles. The summed E-state index contributed by atoms with van der Waals surface area (Å²) < 4.78 is 0. The van der Waals surface area contributed by atoms with E-state index >= 15 is 0 Å². The summed E-state index contributed by atoms with van der Waals surface area (Å²) in [5.41, 5.74) is 6.90. The molecule has 1 fully saturated rings. The number of nitrogens with one attached hydrogen (secondary N) is 1. The highest BCUT2D eigenvalue weighted by Gasteiger charge is 2.13. The lowest BCUT2D eigenvalue weighted by Gasteiger charge is -2.21. The molecule has 1 aliphatic carbocycles. The summed E-state index contributed by atoms with van der Waals surface area (Å²) in [5, 5.41) is 3.42. The second kappa shape index (κ2) is 6.57. The summed E-state index contributed by atoms with van der Waals surface area (Å²) in [7, 11) is 0. The van der Waals surface area contributed by atoms with Crippen molar-refractivity contribution < 1.29 is 0 Å². The Kier molecular flexibility index (Phi) is 4.79. The van der Waals surface area contributed by atoms with Gasteiger partial charge < -0.3 is 11.1 Å². The molecule has 1 aliphatic rings. The second-order valence-corrected chi connectivity index (χ2v) is 5.16. The predicted octanol–water partition coefficient (Wildman–Crippen LogP) is 3.00. The van der Waals surface area contributed by atoms with Gasteiger partial charge in [-0.25, -0.2) is 9.97 Å². The molecule has 4 heteroatoms. The van der Waals surface area contributed by atoms with Crippen LogP contribution in [-0.4, -0.2) is 16.5 Å². The molecule has 100 valence electrons. The van der Waals surface area contributed by atoms with Crippen LogP contribution >= 0.6 is 0 Å². The highest BCUT2D eigenvalue weighted by Crippen LogP contribution is 2.26. The number of nitrogens with two attached hydrogens (primary N) is 1. The zero-order valence-corrected chi connectivity index (χ0v) is 11.3. The fraction of sp³-hybridized carbons (Fsp3) is 0.714. The predicted molar refractivity (Wildman–Crippen MR) is 75.5 cm³/mol. The Balaban J connectivity index is 1.84. The van der Waals surface area contributed by atoms with Gasteiger partial charge in [0.05, 0.1) is 0 Å². The van der Waals surface area contributed by atoms with E-state index in [9.17, 15) is 0 Å². The van der Waals surface area contributed by atoms with Crippen molar-refractivity contribution in [2.45, 2.75) is 51.9 Å². The quantitative estimate of drug-likeness (QED) is 0.840. The van der Waals surface area contributed by atoms with Crippen LogP contribution in [-0.2, 0) is 6.42 Å². The minimum Gasteiger partial charge on any atom is -0.383 e. The van der Waals surface area contributed by atoms with Gasteiger partial charge in [-0.15, -0.1) is 0 Å². The maximum Gasteiger partial charge on any atom is 0.134 e. The van der Waals surface area contributed by atoms with Gasteiger partial charge in [-0.05, 0) is 18.8 Å². The Bertz CT molecular complexity index is 372. The molecule has 0 aliphatic heterocycles. The van der Waals surface area contributed by atoms with Crippen molar-refractivity contribution in [2.24, 2.45) is 5.92 Å². The zero-order valence-electron chi connectivity index (χ0n) is 11.3. The summed E-state index contributed by atoms with van der Waals surface area (Å²) in [5.74, 6) is 2.42. The normalized spacial score (nSPS) is 16.7. The fourth-order valence-electron chi connectivity index (χ4n) is 2.80. The molecule has 0 bridgehead atoms.